The molecule has 2 unspecified atom stereocenters. The second kappa shape index (κ2) is 6.31. The van der Waals surface area contributed by atoms with E-state index in [1.807, 2.05) is 30.3 Å². The second-order valence-electron chi connectivity index (χ2n) is 4.76. The van der Waals surface area contributed by atoms with Crippen molar-refractivity contribution in [3.63, 3.8) is 0 Å². The average molecular weight is 251 g/mol. The van der Waals surface area contributed by atoms with E-state index >= 15 is 0 Å². The van der Waals surface area contributed by atoms with Crippen LogP contribution in [0.4, 0.5) is 0 Å². The highest BCUT2D eigenvalue weighted by molar-refractivity contribution is 7.85. The molecule has 0 amide bonds. The SMILES string of the molecule is CC(CCN1CCCC1)S(=O)c1ccccc1. The molecule has 1 saturated heterocycles. The predicted molar refractivity (Wildman–Crippen MR) is 72.6 cm³/mol. The summed E-state index contributed by atoms with van der Waals surface area (Å²) < 4.78 is 12.2. The summed E-state index contributed by atoms with van der Waals surface area (Å²) in [6.45, 7) is 5.65. The summed E-state index contributed by atoms with van der Waals surface area (Å²) in [6, 6.07) is 9.81. The molecule has 0 saturated carbocycles. The number of benzene rings is 1. The van der Waals surface area contributed by atoms with Crippen molar-refractivity contribution in [3.8, 4) is 0 Å². The zero-order valence-electron chi connectivity index (χ0n) is 10.5. The quantitative estimate of drug-likeness (QED) is 0.802. The van der Waals surface area contributed by atoms with Crippen LogP contribution in [0.3, 0.4) is 0 Å². The Kier molecular flexibility index (Phi) is 4.75. The minimum absolute atomic E-state index is 0.248. The highest BCUT2D eigenvalue weighted by atomic mass is 32.2. The van der Waals surface area contributed by atoms with Gasteiger partial charge in [0.15, 0.2) is 0 Å². The zero-order chi connectivity index (χ0) is 12.1. The Balaban J connectivity index is 1.83. The van der Waals surface area contributed by atoms with Gasteiger partial charge in [-0.25, -0.2) is 0 Å². The van der Waals surface area contributed by atoms with E-state index in [1.54, 1.807) is 0 Å². The van der Waals surface area contributed by atoms with Crippen molar-refractivity contribution < 1.29 is 4.21 Å². The molecule has 2 nitrogen and oxygen atoms in total. The van der Waals surface area contributed by atoms with E-state index in [0.717, 1.165) is 17.9 Å². The first-order valence-corrected chi connectivity index (χ1v) is 7.66. The lowest BCUT2D eigenvalue weighted by Gasteiger charge is -2.17. The van der Waals surface area contributed by atoms with E-state index < -0.39 is 10.8 Å². The maximum Gasteiger partial charge on any atom is 0.0558 e. The van der Waals surface area contributed by atoms with Gasteiger partial charge >= 0.3 is 0 Å². The molecule has 0 aliphatic carbocycles. The van der Waals surface area contributed by atoms with Crippen molar-refractivity contribution in [2.45, 2.75) is 36.3 Å². The third kappa shape index (κ3) is 3.65. The fourth-order valence-electron chi connectivity index (χ4n) is 2.26. The topological polar surface area (TPSA) is 20.3 Å². The van der Waals surface area contributed by atoms with Crippen LogP contribution in [0.5, 0.6) is 0 Å². The first kappa shape index (κ1) is 12.8. The summed E-state index contributed by atoms with van der Waals surface area (Å²) in [4.78, 5) is 3.44. The van der Waals surface area contributed by atoms with Crippen molar-refractivity contribution in [2.24, 2.45) is 0 Å². The molecule has 3 heteroatoms. The molecule has 94 valence electrons. The fourth-order valence-corrected chi connectivity index (χ4v) is 3.47. The third-order valence-corrected chi connectivity index (χ3v) is 5.09. The summed E-state index contributed by atoms with van der Waals surface area (Å²) in [5.41, 5.74) is 0. The predicted octanol–water partition coefficient (Wildman–Crippen LogP) is 2.67. The highest BCUT2D eigenvalue weighted by Crippen LogP contribution is 2.15. The van der Waals surface area contributed by atoms with Crippen LogP contribution in [-0.2, 0) is 10.8 Å². The van der Waals surface area contributed by atoms with E-state index in [0.29, 0.717) is 0 Å². The van der Waals surface area contributed by atoms with Crippen LogP contribution in [-0.4, -0.2) is 34.0 Å². The number of hydrogen-bond donors (Lipinski definition) is 0. The van der Waals surface area contributed by atoms with Gasteiger partial charge in [-0.1, -0.05) is 25.1 Å². The monoisotopic (exact) mass is 251 g/mol. The van der Waals surface area contributed by atoms with Gasteiger partial charge in [-0.15, -0.1) is 0 Å². The minimum Gasteiger partial charge on any atom is -0.303 e. The van der Waals surface area contributed by atoms with Crippen molar-refractivity contribution in [1.82, 2.24) is 4.90 Å². The molecule has 17 heavy (non-hydrogen) atoms. The summed E-state index contributed by atoms with van der Waals surface area (Å²) in [6.07, 6.45) is 3.69. The fraction of sp³-hybridized carbons (Fsp3) is 0.571. The standard InChI is InChI=1S/C14H21NOS/c1-13(9-12-15-10-5-6-11-15)17(16)14-7-3-2-4-8-14/h2-4,7-8,13H,5-6,9-12H2,1H3. The molecule has 2 atom stereocenters. The zero-order valence-corrected chi connectivity index (χ0v) is 11.3. The second-order valence-corrected chi connectivity index (χ2v) is 6.63. The van der Waals surface area contributed by atoms with Crippen molar-refractivity contribution in [2.75, 3.05) is 19.6 Å². The molecule has 1 aliphatic heterocycles. The minimum atomic E-state index is -0.855. The maximum atomic E-state index is 12.2. The van der Waals surface area contributed by atoms with Gasteiger partial charge in [0, 0.05) is 10.1 Å². The summed E-state index contributed by atoms with van der Waals surface area (Å²) in [5.74, 6) is 0. The Labute approximate surface area is 106 Å². The smallest absolute Gasteiger partial charge is 0.0558 e. The molecule has 0 bridgehead atoms. The van der Waals surface area contributed by atoms with Gasteiger partial charge in [-0.05, 0) is 51.0 Å². The van der Waals surface area contributed by atoms with Crippen LogP contribution in [0.1, 0.15) is 26.2 Å². The molecule has 0 radical (unpaired) electrons. The Morgan fingerprint density at radius 3 is 2.53 bits per heavy atom. The van der Waals surface area contributed by atoms with Gasteiger partial charge in [0.25, 0.3) is 0 Å². The lowest BCUT2D eigenvalue weighted by molar-refractivity contribution is 0.333. The summed E-state index contributed by atoms with van der Waals surface area (Å²) in [7, 11) is -0.855. The van der Waals surface area contributed by atoms with Gasteiger partial charge < -0.3 is 4.90 Å². The van der Waals surface area contributed by atoms with Crippen LogP contribution < -0.4 is 0 Å². The summed E-state index contributed by atoms with van der Waals surface area (Å²) in [5, 5.41) is 0.248. The normalized spacial score (nSPS) is 20.3. The Morgan fingerprint density at radius 2 is 1.88 bits per heavy atom. The molecular formula is C14H21NOS. The molecule has 0 spiro atoms. The van der Waals surface area contributed by atoms with Crippen molar-refractivity contribution in [3.05, 3.63) is 30.3 Å². The van der Waals surface area contributed by atoms with Crippen molar-refractivity contribution >= 4 is 10.8 Å². The molecule has 0 aromatic heterocycles. The molecule has 1 heterocycles. The third-order valence-electron chi connectivity index (χ3n) is 3.39. The number of rotatable bonds is 5. The van der Waals surface area contributed by atoms with E-state index in [1.165, 1.54) is 25.9 Å². The van der Waals surface area contributed by atoms with E-state index in [4.69, 9.17) is 0 Å². The number of nitrogens with zero attached hydrogens (tertiary/aromatic N) is 1. The van der Waals surface area contributed by atoms with Gasteiger partial charge in [0.05, 0.1) is 10.8 Å². The molecule has 2 rings (SSSR count). The lowest BCUT2D eigenvalue weighted by atomic mass is 10.3. The number of likely N-dealkylation sites (tertiary alicyclic amines) is 1. The van der Waals surface area contributed by atoms with E-state index in [-0.39, 0.29) is 5.25 Å². The molecule has 1 aromatic rings. The Bertz CT molecular complexity index is 360. The van der Waals surface area contributed by atoms with E-state index in [9.17, 15) is 4.21 Å². The summed E-state index contributed by atoms with van der Waals surface area (Å²) >= 11 is 0. The average Bonchev–Trinajstić information content (AvgIpc) is 2.89. The van der Waals surface area contributed by atoms with E-state index in [2.05, 4.69) is 11.8 Å². The van der Waals surface area contributed by atoms with Gasteiger partial charge in [0.2, 0.25) is 0 Å². The molecule has 1 fully saturated rings. The maximum absolute atomic E-state index is 12.2. The Morgan fingerprint density at radius 1 is 1.24 bits per heavy atom. The van der Waals surface area contributed by atoms with Crippen LogP contribution >= 0.6 is 0 Å². The van der Waals surface area contributed by atoms with Gasteiger partial charge in [-0.3, -0.25) is 4.21 Å². The molecule has 0 N–H and O–H groups in total. The molecule has 1 aliphatic rings. The number of hydrogen-bond acceptors (Lipinski definition) is 2. The molecular weight excluding hydrogens is 230 g/mol. The van der Waals surface area contributed by atoms with Gasteiger partial charge in [0.1, 0.15) is 0 Å². The Hall–Kier alpha value is -0.670. The molecule has 1 aromatic carbocycles. The van der Waals surface area contributed by atoms with Crippen LogP contribution in [0.15, 0.2) is 35.2 Å². The largest absolute Gasteiger partial charge is 0.303 e. The van der Waals surface area contributed by atoms with Crippen LogP contribution in [0, 0.1) is 0 Å². The van der Waals surface area contributed by atoms with Crippen molar-refractivity contribution in [1.29, 1.82) is 0 Å². The first-order valence-electron chi connectivity index (χ1n) is 6.45. The highest BCUT2D eigenvalue weighted by Gasteiger charge is 2.16. The van der Waals surface area contributed by atoms with Gasteiger partial charge in [-0.2, -0.15) is 0 Å². The van der Waals surface area contributed by atoms with Crippen LogP contribution in [0.25, 0.3) is 0 Å². The lowest BCUT2D eigenvalue weighted by Crippen LogP contribution is -2.25. The van der Waals surface area contributed by atoms with Crippen LogP contribution in [0.2, 0.25) is 0 Å². The first-order chi connectivity index (χ1) is 8.27.